The van der Waals surface area contributed by atoms with Crippen molar-refractivity contribution in [3.63, 3.8) is 0 Å². The lowest BCUT2D eigenvalue weighted by Crippen LogP contribution is -2.39. The highest BCUT2D eigenvalue weighted by Gasteiger charge is 2.27. The first-order chi connectivity index (χ1) is 11.5. The van der Waals surface area contributed by atoms with Crippen LogP contribution >= 0.6 is 11.8 Å². The number of halogens is 2. The van der Waals surface area contributed by atoms with Crippen LogP contribution in [0.1, 0.15) is 24.8 Å². The van der Waals surface area contributed by atoms with Gasteiger partial charge in [-0.25, -0.2) is 0 Å². The summed E-state index contributed by atoms with van der Waals surface area (Å²) in [4.78, 5) is 14.2. The van der Waals surface area contributed by atoms with Crippen LogP contribution in [-0.4, -0.2) is 48.6 Å². The molecule has 0 spiro atoms. The average Bonchev–Trinajstić information content (AvgIpc) is 3.03. The standard InChI is InChI=1S/C17H24F2N2O2S/c1-21(13-5-8-15(9-13)24-2)11-16(22)20-10-12-3-6-14(7-4-12)23-17(18)19/h3-4,6-7,13,15,17H,5,8-11H2,1-2H3,(H,20,22)/t13-,15-/m1/s1. The molecule has 1 aromatic carbocycles. The Morgan fingerprint density at radius 2 is 2.08 bits per heavy atom. The largest absolute Gasteiger partial charge is 0.435 e. The summed E-state index contributed by atoms with van der Waals surface area (Å²) < 4.78 is 28.5. The van der Waals surface area contributed by atoms with Gasteiger partial charge in [0.2, 0.25) is 5.91 Å². The molecule has 1 fully saturated rings. The Kier molecular flexibility index (Phi) is 7.30. The summed E-state index contributed by atoms with van der Waals surface area (Å²) in [5.74, 6) is 0.0856. The zero-order valence-electron chi connectivity index (χ0n) is 14.0. The quantitative estimate of drug-likeness (QED) is 0.775. The van der Waals surface area contributed by atoms with Gasteiger partial charge >= 0.3 is 6.61 Å². The molecule has 0 unspecified atom stereocenters. The molecule has 1 aromatic rings. The van der Waals surface area contributed by atoms with E-state index in [9.17, 15) is 13.6 Å². The van der Waals surface area contributed by atoms with Crippen LogP contribution in [0.3, 0.4) is 0 Å². The number of ether oxygens (including phenoxy) is 1. The van der Waals surface area contributed by atoms with Crippen molar-refractivity contribution in [2.75, 3.05) is 19.8 Å². The van der Waals surface area contributed by atoms with E-state index in [0.29, 0.717) is 24.4 Å². The van der Waals surface area contributed by atoms with Crippen molar-refractivity contribution >= 4 is 17.7 Å². The van der Waals surface area contributed by atoms with Crippen molar-refractivity contribution in [2.24, 2.45) is 0 Å². The first-order valence-electron chi connectivity index (χ1n) is 8.01. The average molecular weight is 358 g/mol. The van der Waals surface area contributed by atoms with Crippen molar-refractivity contribution in [2.45, 2.75) is 43.7 Å². The van der Waals surface area contributed by atoms with Crippen molar-refractivity contribution in [3.8, 4) is 5.75 Å². The number of carbonyl (C=O) groups excluding carboxylic acids is 1. The van der Waals surface area contributed by atoms with Gasteiger partial charge in [-0.15, -0.1) is 0 Å². The van der Waals surface area contributed by atoms with Crippen molar-refractivity contribution in [3.05, 3.63) is 29.8 Å². The first kappa shape index (κ1) is 19.0. The number of alkyl halides is 2. The van der Waals surface area contributed by atoms with Crippen LogP contribution in [0.5, 0.6) is 5.75 Å². The van der Waals surface area contributed by atoms with E-state index in [1.165, 1.54) is 18.6 Å². The summed E-state index contributed by atoms with van der Waals surface area (Å²) in [7, 11) is 1.99. The Morgan fingerprint density at radius 3 is 2.67 bits per heavy atom. The van der Waals surface area contributed by atoms with E-state index in [-0.39, 0.29) is 11.7 Å². The lowest BCUT2D eigenvalue weighted by molar-refractivity contribution is -0.122. The molecular formula is C17H24F2N2O2S. The normalized spacial score (nSPS) is 20.6. The van der Waals surface area contributed by atoms with E-state index < -0.39 is 6.61 Å². The highest BCUT2D eigenvalue weighted by molar-refractivity contribution is 7.99. The number of benzene rings is 1. The summed E-state index contributed by atoms with van der Waals surface area (Å²) in [6, 6.07) is 6.75. The molecule has 4 nitrogen and oxygen atoms in total. The molecule has 0 aromatic heterocycles. The van der Waals surface area contributed by atoms with Crippen molar-refractivity contribution < 1.29 is 18.3 Å². The number of rotatable bonds is 8. The number of hydrogen-bond donors (Lipinski definition) is 1. The molecule has 2 rings (SSSR count). The topological polar surface area (TPSA) is 41.6 Å². The molecule has 1 aliphatic rings. The van der Waals surface area contributed by atoms with Crippen LogP contribution in [0.2, 0.25) is 0 Å². The minimum atomic E-state index is -2.83. The van der Waals surface area contributed by atoms with E-state index in [1.54, 1.807) is 12.1 Å². The number of likely N-dealkylation sites (N-methyl/N-ethyl adjacent to an activating group) is 1. The fourth-order valence-electron chi connectivity index (χ4n) is 2.93. The maximum Gasteiger partial charge on any atom is 0.387 e. The Bertz CT molecular complexity index is 528. The monoisotopic (exact) mass is 358 g/mol. The molecule has 0 aliphatic heterocycles. The fourth-order valence-corrected chi connectivity index (χ4v) is 3.72. The van der Waals surface area contributed by atoms with Gasteiger partial charge < -0.3 is 10.1 Å². The minimum absolute atomic E-state index is 0.0296. The van der Waals surface area contributed by atoms with Gasteiger partial charge in [0, 0.05) is 17.8 Å². The summed E-state index contributed by atoms with van der Waals surface area (Å²) in [6.45, 7) is -2.08. The van der Waals surface area contributed by atoms with E-state index >= 15 is 0 Å². The summed E-state index contributed by atoms with van der Waals surface area (Å²) in [5, 5.41) is 3.57. The van der Waals surface area contributed by atoms with Gasteiger partial charge in [0.15, 0.2) is 0 Å². The van der Waals surface area contributed by atoms with Crippen LogP contribution in [0.15, 0.2) is 24.3 Å². The number of amides is 1. The molecule has 134 valence electrons. The van der Waals surface area contributed by atoms with Crippen LogP contribution in [0, 0.1) is 0 Å². The van der Waals surface area contributed by atoms with Crippen molar-refractivity contribution in [1.82, 2.24) is 10.2 Å². The number of thioether (sulfide) groups is 1. The summed E-state index contributed by atoms with van der Waals surface area (Å²) in [6.07, 6.45) is 5.62. The Hall–Kier alpha value is -1.34. The van der Waals surface area contributed by atoms with Crippen LogP contribution < -0.4 is 10.1 Å². The maximum absolute atomic E-state index is 12.1. The molecule has 1 amide bonds. The zero-order chi connectivity index (χ0) is 17.5. The maximum atomic E-state index is 12.1. The second-order valence-corrected chi connectivity index (χ2v) is 7.18. The molecule has 24 heavy (non-hydrogen) atoms. The molecule has 0 saturated heterocycles. The predicted octanol–water partition coefficient (Wildman–Crippen LogP) is 3.12. The third kappa shape index (κ3) is 5.94. The lowest BCUT2D eigenvalue weighted by Gasteiger charge is -2.23. The molecule has 1 saturated carbocycles. The van der Waals surface area contributed by atoms with E-state index in [1.807, 2.05) is 18.8 Å². The molecular weight excluding hydrogens is 334 g/mol. The molecule has 1 aliphatic carbocycles. The Balaban J connectivity index is 1.72. The Labute approximate surface area is 145 Å². The molecule has 7 heteroatoms. The molecule has 0 bridgehead atoms. The Morgan fingerprint density at radius 1 is 1.38 bits per heavy atom. The molecule has 2 atom stereocenters. The van der Waals surface area contributed by atoms with Gasteiger partial charge in [0.05, 0.1) is 6.54 Å². The van der Waals surface area contributed by atoms with Crippen LogP contribution in [0.4, 0.5) is 8.78 Å². The summed E-state index contributed by atoms with van der Waals surface area (Å²) >= 11 is 1.90. The number of nitrogens with zero attached hydrogens (tertiary/aromatic N) is 1. The smallest absolute Gasteiger partial charge is 0.387 e. The van der Waals surface area contributed by atoms with Crippen molar-refractivity contribution in [1.29, 1.82) is 0 Å². The highest BCUT2D eigenvalue weighted by Crippen LogP contribution is 2.30. The van der Waals surface area contributed by atoms with Gasteiger partial charge in [-0.2, -0.15) is 20.5 Å². The number of carbonyl (C=O) groups is 1. The molecule has 1 N–H and O–H groups in total. The number of nitrogens with one attached hydrogen (secondary N) is 1. The predicted molar refractivity (Wildman–Crippen MR) is 92.5 cm³/mol. The third-order valence-electron chi connectivity index (χ3n) is 4.34. The lowest BCUT2D eigenvalue weighted by atomic mass is 10.2. The van der Waals surface area contributed by atoms with Gasteiger partial charge in [-0.05, 0) is 50.3 Å². The van der Waals surface area contributed by atoms with E-state index in [4.69, 9.17) is 0 Å². The van der Waals surface area contributed by atoms with Gasteiger partial charge in [0.1, 0.15) is 5.75 Å². The van der Waals surface area contributed by atoms with Crippen LogP contribution in [0.25, 0.3) is 0 Å². The summed E-state index contributed by atoms with van der Waals surface area (Å²) in [5.41, 5.74) is 0.843. The minimum Gasteiger partial charge on any atom is -0.435 e. The second kappa shape index (κ2) is 9.22. The fraction of sp³-hybridized carbons (Fsp3) is 0.588. The van der Waals surface area contributed by atoms with E-state index in [2.05, 4.69) is 21.2 Å². The molecule has 0 heterocycles. The SMILES string of the molecule is CS[C@@H]1CC[C@@H](N(C)CC(=O)NCc2ccc(OC(F)F)cc2)C1. The van der Waals surface area contributed by atoms with Gasteiger partial charge in [-0.1, -0.05) is 12.1 Å². The highest BCUT2D eigenvalue weighted by atomic mass is 32.2. The van der Waals surface area contributed by atoms with Gasteiger partial charge in [-0.3, -0.25) is 9.69 Å². The molecule has 0 radical (unpaired) electrons. The second-order valence-electron chi connectivity index (χ2n) is 6.04. The third-order valence-corrected chi connectivity index (χ3v) is 5.44. The van der Waals surface area contributed by atoms with E-state index in [0.717, 1.165) is 18.4 Å². The first-order valence-corrected chi connectivity index (χ1v) is 9.30. The van der Waals surface area contributed by atoms with Crippen LogP contribution in [-0.2, 0) is 11.3 Å². The van der Waals surface area contributed by atoms with Gasteiger partial charge in [0.25, 0.3) is 0 Å². The zero-order valence-corrected chi connectivity index (χ0v) is 14.8. The number of hydrogen-bond acceptors (Lipinski definition) is 4.